The Labute approximate surface area is 173 Å². The molecular weight excluding hydrogens is 414 g/mol. The highest BCUT2D eigenvalue weighted by atomic mass is 32.2. The molecule has 1 fully saturated rings. The third-order valence-corrected chi connectivity index (χ3v) is 8.80. The zero-order valence-corrected chi connectivity index (χ0v) is 19.0. The van der Waals surface area contributed by atoms with Crippen LogP contribution in [0.4, 0.5) is 0 Å². The lowest BCUT2D eigenvalue weighted by Crippen LogP contribution is -2.48. The van der Waals surface area contributed by atoms with Crippen molar-refractivity contribution in [3.63, 3.8) is 0 Å². The van der Waals surface area contributed by atoms with E-state index in [1.165, 1.54) is 14.9 Å². The minimum atomic E-state index is -3.53. The van der Waals surface area contributed by atoms with Gasteiger partial charge in [0, 0.05) is 46.3 Å². The summed E-state index contributed by atoms with van der Waals surface area (Å²) < 4.78 is 53.8. The second kappa shape index (κ2) is 8.31. The van der Waals surface area contributed by atoms with E-state index in [1.54, 1.807) is 18.2 Å². The smallest absolute Gasteiger partial charge is 0.243 e. The van der Waals surface area contributed by atoms with E-state index in [9.17, 15) is 16.8 Å². The average Bonchev–Trinajstić information content (AvgIpc) is 2.97. The minimum absolute atomic E-state index is 0.250. The van der Waals surface area contributed by atoms with Crippen LogP contribution in [0.3, 0.4) is 0 Å². The summed E-state index contributed by atoms with van der Waals surface area (Å²) in [5.41, 5.74) is 1.51. The molecule has 0 bridgehead atoms. The molecule has 162 valence electrons. The number of hydrogen-bond acceptors (Lipinski definition) is 6. The third kappa shape index (κ3) is 4.48. The van der Waals surface area contributed by atoms with Gasteiger partial charge in [0.25, 0.3) is 0 Å². The van der Waals surface area contributed by atoms with Crippen molar-refractivity contribution in [2.75, 3.05) is 45.5 Å². The van der Waals surface area contributed by atoms with E-state index in [0.29, 0.717) is 51.3 Å². The summed E-state index contributed by atoms with van der Waals surface area (Å²) in [6, 6.07) is 5.06. The van der Waals surface area contributed by atoms with Gasteiger partial charge < -0.3 is 4.57 Å². The van der Waals surface area contributed by atoms with Gasteiger partial charge >= 0.3 is 0 Å². The first-order valence-corrected chi connectivity index (χ1v) is 13.0. The molecule has 0 radical (unpaired) electrons. The van der Waals surface area contributed by atoms with E-state index in [1.807, 2.05) is 25.5 Å². The van der Waals surface area contributed by atoms with E-state index >= 15 is 0 Å². The van der Waals surface area contributed by atoms with Crippen molar-refractivity contribution in [2.45, 2.75) is 25.3 Å². The van der Waals surface area contributed by atoms with Gasteiger partial charge in [-0.15, -0.1) is 0 Å². The molecule has 1 aliphatic heterocycles. The fourth-order valence-corrected chi connectivity index (χ4v) is 5.97. The number of aryl methyl sites for hydroxylation is 1. The summed E-state index contributed by atoms with van der Waals surface area (Å²) in [5.74, 6) is 0.824. The molecular formula is C18H29N5O4S2. The van der Waals surface area contributed by atoms with Crippen LogP contribution in [-0.4, -0.2) is 85.4 Å². The number of rotatable bonds is 7. The maximum absolute atomic E-state index is 12.8. The molecule has 1 aliphatic rings. The fourth-order valence-electron chi connectivity index (χ4n) is 3.66. The molecule has 0 unspecified atom stereocenters. The lowest BCUT2D eigenvalue weighted by molar-refractivity contribution is 0.177. The van der Waals surface area contributed by atoms with Crippen molar-refractivity contribution in [1.82, 2.24) is 23.1 Å². The summed E-state index contributed by atoms with van der Waals surface area (Å²) in [6.45, 7) is 7.28. The van der Waals surface area contributed by atoms with Gasteiger partial charge in [0.2, 0.25) is 20.0 Å². The number of imidazole rings is 1. The Morgan fingerprint density at radius 1 is 1.03 bits per heavy atom. The molecule has 29 heavy (non-hydrogen) atoms. The van der Waals surface area contributed by atoms with Gasteiger partial charge in [-0.1, -0.05) is 13.8 Å². The topological polar surface area (TPSA) is 95.8 Å². The number of sulfonamides is 2. The lowest BCUT2D eigenvalue weighted by atomic mass is 10.3. The molecule has 11 heteroatoms. The first-order valence-electron chi connectivity index (χ1n) is 9.71. The molecule has 0 N–H and O–H groups in total. The summed E-state index contributed by atoms with van der Waals surface area (Å²) in [5, 5.41) is 0. The predicted molar refractivity (Wildman–Crippen MR) is 113 cm³/mol. The number of nitrogens with zero attached hydrogens (tertiary/aromatic N) is 5. The predicted octanol–water partition coefficient (Wildman–Crippen LogP) is 0.681. The van der Waals surface area contributed by atoms with E-state index in [4.69, 9.17) is 0 Å². The standard InChI is InChI=1S/C18H29N5O4S2/c1-5-22(6-2)29(26,27)15-7-8-17-16(13-15)19-18(20(17)3)14-21-9-11-23(12-10-21)28(4,24)25/h7-8,13H,5-6,9-12,14H2,1-4H3. The van der Waals surface area contributed by atoms with Crippen molar-refractivity contribution >= 4 is 31.1 Å². The monoisotopic (exact) mass is 443 g/mol. The molecule has 2 aromatic rings. The maximum atomic E-state index is 12.8. The molecule has 2 heterocycles. The maximum Gasteiger partial charge on any atom is 0.243 e. The molecule has 1 saturated heterocycles. The molecule has 0 spiro atoms. The van der Waals surface area contributed by atoms with E-state index < -0.39 is 20.0 Å². The highest BCUT2D eigenvalue weighted by Gasteiger charge is 2.25. The van der Waals surface area contributed by atoms with Crippen molar-refractivity contribution in [1.29, 1.82) is 0 Å². The van der Waals surface area contributed by atoms with Gasteiger partial charge in [0.15, 0.2) is 0 Å². The van der Waals surface area contributed by atoms with E-state index in [0.717, 1.165) is 11.3 Å². The van der Waals surface area contributed by atoms with Crippen molar-refractivity contribution in [3.05, 3.63) is 24.0 Å². The third-order valence-electron chi connectivity index (χ3n) is 5.45. The normalized spacial score (nSPS) is 17.4. The molecule has 0 amide bonds. The van der Waals surface area contributed by atoms with Gasteiger partial charge in [-0.2, -0.15) is 8.61 Å². The average molecular weight is 444 g/mol. The number of piperazine rings is 1. The van der Waals surface area contributed by atoms with Gasteiger partial charge in [0.1, 0.15) is 5.82 Å². The fraction of sp³-hybridized carbons (Fsp3) is 0.611. The minimum Gasteiger partial charge on any atom is -0.330 e. The number of hydrogen-bond donors (Lipinski definition) is 0. The number of fused-ring (bicyclic) bond motifs is 1. The summed E-state index contributed by atoms with van der Waals surface area (Å²) >= 11 is 0. The van der Waals surface area contributed by atoms with Crippen LogP contribution in [0.25, 0.3) is 11.0 Å². The first-order chi connectivity index (χ1) is 13.6. The first kappa shape index (κ1) is 22.2. The van der Waals surface area contributed by atoms with Crippen LogP contribution in [0.15, 0.2) is 23.1 Å². The van der Waals surface area contributed by atoms with E-state index in [-0.39, 0.29) is 4.90 Å². The zero-order chi connectivity index (χ0) is 21.4. The highest BCUT2D eigenvalue weighted by molar-refractivity contribution is 7.89. The van der Waals surface area contributed by atoms with Crippen LogP contribution in [0, 0.1) is 0 Å². The lowest BCUT2D eigenvalue weighted by Gasteiger charge is -2.32. The van der Waals surface area contributed by atoms with Crippen LogP contribution in [0.1, 0.15) is 19.7 Å². The Bertz CT molecular complexity index is 1080. The van der Waals surface area contributed by atoms with Crippen LogP contribution in [0.2, 0.25) is 0 Å². The second-order valence-electron chi connectivity index (χ2n) is 7.27. The van der Waals surface area contributed by atoms with E-state index in [2.05, 4.69) is 9.88 Å². The SMILES string of the molecule is CCN(CC)S(=O)(=O)c1ccc2c(c1)nc(CN1CCN(S(C)(=O)=O)CC1)n2C. The van der Waals surface area contributed by atoms with Gasteiger partial charge in [-0.05, 0) is 18.2 Å². The largest absolute Gasteiger partial charge is 0.330 e. The second-order valence-corrected chi connectivity index (χ2v) is 11.2. The molecule has 1 aromatic carbocycles. The highest BCUT2D eigenvalue weighted by Crippen LogP contribution is 2.23. The Hall–Kier alpha value is -1.53. The Morgan fingerprint density at radius 3 is 2.21 bits per heavy atom. The van der Waals surface area contributed by atoms with Crippen LogP contribution < -0.4 is 0 Å². The molecule has 0 atom stereocenters. The Morgan fingerprint density at radius 2 is 1.66 bits per heavy atom. The quantitative estimate of drug-likeness (QED) is 0.625. The van der Waals surface area contributed by atoms with Gasteiger partial charge in [0.05, 0.1) is 28.7 Å². The zero-order valence-electron chi connectivity index (χ0n) is 17.4. The molecule has 0 aliphatic carbocycles. The van der Waals surface area contributed by atoms with Gasteiger partial charge in [-0.25, -0.2) is 21.8 Å². The van der Waals surface area contributed by atoms with Crippen molar-refractivity contribution < 1.29 is 16.8 Å². The number of aromatic nitrogens is 2. The van der Waals surface area contributed by atoms with Gasteiger partial charge in [-0.3, -0.25) is 4.90 Å². The summed E-state index contributed by atoms with van der Waals surface area (Å²) in [6.07, 6.45) is 1.23. The molecule has 1 aromatic heterocycles. The molecule has 9 nitrogen and oxygen atoms in total. The molecule has 3 rings (SSSR count). The Kier molecular flexibility index (Phi) is 6.35. The van der Waals surface area contributed by atoms with Crippen LogP contribution >= 0.6 is 0 Å². The summed E-state index contributed by atoms with van der Waals surface area (Å²) in [4.78, 5) is 7.08. The van der Waals surface area contributed by atoms with Crippen molar-refractivity contribution in [2.24, 2.45) is 7.05 Å². The van der Waals surface area contributed by atoms with Crippen LogP contribution in [-0.2, 0) is 33.6 Å². The van der Waals surface area contributed by atoms with Crippen molar-refractivity contribution in [3.8, 4) is 0 Å². The summed E-state index contributed by atoms with van der Waals surface area (Å²) in [7, 11) is -4.78. The Balaban J connectivity index is 1.82. The number of benzene rings is 1. The van der Waals surface area contributed by atoms with Crippen LogP contribution in [0.5, 0.6) is 0 Å². The molecule has 0 saturated carbocycles.